The van der Waals surface area contributed by atoms with E-state index in [4.69, 9.17) is 0 Å². The van der Waals surface area contributed by atoms with Crippen LogP contribution < -0.4 is 16.0 Å². The molecule has 0 spiro atoms. The molecule has 2 aliphatic rings. The minimum atomic E-state index is 0.657. The third-order valence-corrected chi connectivity index (χ3v) is 5.30. The molecular formula is C22H29N5. The van der Waals surface area contributed by atoms with Gasteiger partial charge in [0.15, 0.2) is 0 Å². The molecule has 1 atom stereocenters. The Morgan fingerprint density at radius 2 is 1.56 bits per heavy atom. The predicted octanol–water partition coefficient (Wildman–Crippen LogP) is 2.67. The molecule has 2 saturated heterocycles. The van der Waals surface area contributed by atoms with E-state index in [1.54, 1.807) is 0 Å². The topological polar surface area (TPSA) is 53.9 Å². The van der Waals surface area contributed by atoms with E-state index in [0.29, 0.717) is 5.92 Å². The monoisotopic (exact) mass is 363 g/mol. The molecule has 3 N–H and O–H groups in total. The molecule has 2 fully saturated rings. The van der Waals surface area contributed by atoms with Gasteiger partial charge in [-0.2, -0.15) is 5.10 Å². The maximum absolute atomic E-state index is 4.63. The lowest BCUT2D eigenvalue weighted by atomic mass is 9.92. The fraction of sp³-hybridized carbons (Fsp3) is 0.409. The molecule has 3 aromatic rings. The molecule has 0 aliphatic carbocycles. The molecule has 142 valence electrons. The number of fused-ring (bicyclic) bond motifs is 1. The van der Waals surface area contributed by atoms with Crippen molar-refractivity contribution >= 4 is 10.9 Å². The number of benzene rings is 2. The summed E-state index contributed by atoms with van der Waals surface area (Å²) in [5.74, 6) is 0.657. The molecule has 0 unspecified atom stereocenters. The summed E-state index contributed by atoms with van der Waals surface area (Å²) in [6, 6.07) is 17.1. The molecule has 2 aliphatic heterocycles. The summed E-state index contributed by atoms with van der Waals surface area (Å²) < 4.78 is 1.97. The summed E-state index contributed by atoms with van der Waals surface area (Å²) in [6.07, 6.45) is 4.65. The lowest BCUT2D eigenvalue weighted by molar-refractivity contribution is 0.461. The fourth-order valence-corrected chi connectivity index (χ4v) is 3.74. The van der Waals surface area contributed by atoms with Crippen molar-refractivity contribution in [1.82, 2.24) is 25.7 Å². The Bertz CT molecular complexity index is 785. The normalized spacial score (nSPS) is 20.1. The Hall–Kier alpha value is -2.21. The van der Waals surface area contributed by atoms with Gasteiger partial charge in [0.1, 0.15) is 0 Å². The van der Waals surface area contributed by atoms with Crippen LogP contribution in [0.5, 0.6) is 0 Å². The van der Waals surface area contributed by atoms with E-state index in [1.165, 1.54) is 23.8 Å². The van der Waals surface area contributed by atoms with Crippen molar-refractivity contribution in [2.75, 3.05) is 39.3 Å². The summed E-state index contributed by atoms with van der Waals surface area (Å²) in [5.41, 5.74) is 3.60. The van der Waals surface area contributed by atoms with Gasteiger partial charge in [-0.15, -0.1) is 0 Å². The Labute approximate surface area is 161 Å². The smallest absolute Gasteiger partial charge is 0.0927 e. The highest BCUT2D eigenvalue weighted by Gasteiger charge is 2.14. The molecule has 5 heteroatoms. The summed E-state index contributed by atoms with van der Waals surface area (Å²) in [5, 5.41) is 15.7. The molecule has 3 heterocycles. The van der Waals surface area contributed by atoms with E-state index >= 15 is 0 Å². The number of hydrogen-bond donors (Lipinski definition) is 3. The average molecular weight is 364 g/mol. The van der Waals surface area contributed by atoms with Crippen LogP contribution >= 0.6 is 0 Å². The Morgan fingerprint density at radius 3 is 2.19 bits per heavy atom. The molecule has 1 aromatic heterocycles. The second kappa shape index (κ2) is 9.13. The second-order valence-electron chi connectivity index (χ2n) is 7.27. The first-order valence-electron chi connectivity index (χ1n) is 10.1. The van der Waals surface area contributed by atoms with E-state index in [2.05, 4.69) is 57.6 Å². The highest BCUT2D eigenvalue weighted by molar-refractivity contribution is 5.78. The number of nitrogens with zero attached hydrogens (tertiary/aromatic N) is 2. The number of hydrogen-bond acceptors (Lipinski definition) is 4. The van der Waals surface area contributed by atoms with Gasteiger partial charge in [0.2, 0.25) is 0 Å². The van der Waals surface area contributed by atoms with Crippen LogP contribution in [0.2, 0.25) is 0 Å². The van der Waals surface area contributed by atoms with Gasteiger partial charge in [-0.05, 0) is 49.1 Å². The average Bonchev–Trinajstić information content (AvgIpc) is 3.21. The van der Waals surface area contributed by atoms with E-state index < -0.39 is 0 Å². The van der Waals surface area contributed by atoms with Crippen LogP contribution in [0.1, 0.15) is 24.3 Å². The van der Waals surface area contributed by atoms with Gasteiger partial charge in [0.05, 0.1) is 11.2 Å². The van der Waals surface area contributed by atoms with Crippen molar-refractivity contribution in [1.29, 1.82) is 0 Å². The van der Waals surface area contributed by atoms with Gasteiger partial charge in [0, 0.05) is 44.3 Å². The number of piperazine rings is 1. The quantitative estimate of drug-likeness (QED) is 0.655. The van der Waals surface area contributed by atoms with E-state index in [-0.39, 0.29) is 0 Å². The molecule has 5 rings (SSSR count). The maximum Gasteiger partial charge on any atom is 0.0927 e. The fourth-order valence-electron chi connectivity index (χ4n) is 3.74. The van der Waals surface area contributed by atoms with Gasteiger partial charge < -0.3 is 16.0 Å². The van der Waals surface area contributed by atoms with E-state index in [9.17, 15) is 0 Å². The van der Waals surface area contributed by atoms with Crippen LogP contribution in [0.25, 0.3) is 16.6 Å². The summed E-state index contributed by atoms with van der Waals surface area (Å²) in [6.45, 7) is 6.82. The largest absolute Gasteiger partial charge is 0.316 e. The van der Waals surface area contributed by atoms with Crippen LogP contribution in [0.4, 0.5) is 0 Å². The van der Waals surface area contributed by atoms with Crippen molar-refractivity contribution < 1.29 is 0 Å². The van der Waals surface area contributed by atoms with Gasteiger partial charge in [-0.25, -0.2) is 4.68 Å². The lowest BCUT2D eigenvalue weighted by Crippen LogP contribution is -2.39. The van der Waals surface area contributed by atoms with Gasteiger partial charge >= 0.3 is 0 Å². The van der Waals surface area contributed by atoms with Crippen LogP contribution in [0.15, 0.2) is 54.7 Å². The minimum Gasteiger partial charge on any atom is -0.316 e. The van der Waals surface area contributed by atoms with Crippen molar-refractivity contribution in [3.05, 3.63) is 60.3 Å². The van der Waals surface area contributed by atoms with E-state index in [1.807, 2.05) is 22.9 Å². The highest BCUT2D eigenvalue weighted by Crippen LogP contribution is 2.24. The van der Waals surface area contributed by atoms with Gasteiger partial charge in [-0.3, -0.25) is 0 Å². The molecule has 27 heavy (non-hydrogen) atoms. The Kier molecular flexibility index (Phi) is 6.14. The zero-order valence-electron chi connectivity index (χ0n) is 15.8. The van der Waals surface area contributed by atoms with Crippen molar-refractivity contribution in [2.24, 2.45) is 0 Å². The van der Waals surface area contributed by atoms with Crippen LogP contribution in [0.3, 0.4) is 0 Å². The third-order valence-electron chi connectivity index (χ3n) is 5.30. The molecule has 0 amide bonds. The van der Waals surface area contributed by atoms with Crippen LogP contribution in [0, 0.1) is 0 Å². The standard InChI is InChI=1S/C18H19N3.C4H10N2/c1-2-6-18-16(4-1)13-21(20-18)17-9-7-14(8-10-17)15-5-3-11-19-12-15;1-2-6-4-3-5-1/h1-2,4,6-10,13,15,19H,3,5,11-12H2;5-6H,1-4H2/t15-;/m1./s1. The Balaban J connectivity index is 0.000000257. The molecular weight excluding hydrogens is 334 g/mol. The molecule has 0 saturated carbocycles. The number of nitrogens with one attached hydrogen (secondary N) is 3. The second-order valence-corrected chi connectivity index (χ2v) is 7.27. The number of rotatable bonds is 2. The highest BCUT2D eigenvalue weighted by atomic mass is 15.3. The Morgan fingerprint density at radius 1 is 0.815 bits per heavy atom. The maximum atomic E-state index is 4.63. The summed E-state index contributed by atoms with van der Waals surface area (Å²) in [7, 11) is 0. The van der Waals surface area contributed by atoms with Crippen molar-refractivity contribution in [3.63, 3.8) is 0 Å². The molecule has 2 aromatic carbocycles. The van der Waals surface area contributed by atoms with E-state index in [0.717, 1.165) is 50.5 Å². The van der Waals surface area contributed by atoms with Crippen molar-refractivity contribution in [3.8, 4) is 5.69 Å². The first-order chi connectivity index (χ1) is 13.4. The van der Waals surface area contributed by atoms with Crippen LogP contribution in [-0.2, 0) is 0 Å². The first kappa shape index (κ1) is 18.2. The predicted molar refractivity (Wildman–Crippen MR) is 112 cm³/mol. The third kappa shape index (κ3) is 4.75. The minimum absolute atomic E-state index is 0.657. The molecule has 5 nitrogen and oxygen atoms in total. The lowest BCUT2D eigenvalue weighted by Gasteiger charge is -2.23. The molecule has 0 bridgehead atoms. The number of piperidine rings is 1. The zero-order valence-corrected chi connectivity index (χ0v) is 15.8. The van der Waals surface area contributed by atoms with Gasteiger partial charge in [-0.1, -0.05) is 30.3 Å². The molecule has 0 radical (unpaired) electrons. The van der Waals surface area contributed by atoms with Crippen molar-refractivity contribution in [2.45, 2.75) is 18.8 Å². The van der Waals surface area contributed by atoms with Crippen LogP contribution in [-0.4, -0.2) is 49.0 Å². The number of aromatic nitrogens is 2. The summed E-state index contributed by atoms with van der Waals surface area (Å²) in [4.78, 5) is 0. The SMILES string of the molecule is C1CNCCN1.c1ccc2nn(-c3ccc([C@@H]4CCCNC4)cc3)cc2c1. The zero-order chi connectivity index (χ0) is 18.3. The first-order valence-corrected chi connectivity index (χ1v) is 10.1. The van der Waals surface area contributed by atoms with Gasteiger partial charge in [0.25, 0.3) is 0 Å². The summed E-state index contributed by atoms with van der Waals surface area (Å²) >= 11 is 0.